The molecule has 1 aromatic carbocycles. The van der Waals surface area contributed by atoms with Crippen LogP contribution in [-0.4, -0.2) is 44.6 Å². The van der Waals surface area contributed by atoms with Crippen LogP contribution in [0.15, 0.2) is 42.0 Å². The number of methoxy groups -OCH3 is 2. The molecule has 1 saturated heterocycles. The van der Waals surface area contributed by atoms with Crippen LogP contribution in [0, 0.1) is 17.8 Å². The number of esters is 1. The van der Waals surface area contributed by atoms with Gasteiger partial charge in [-0.1, -0.05) is 44.6 Å². The molecule has 1 aliphatic carbocycles. The van der Waals surface area contributed by atoms with E-state index in [0.29, 0.717) is 5.92 Å². The van der Waals surface area contributed by atoms with Gasteiger partial charge in [-0.2, -0.15) is 0 Å². The first-order valence-corrected chi connectivity index (χ1v) is 11.7. The molecule has 0 radical (unpaired) electrons. The SMILES string of the molecule is COc1ccc(C=CC(=O)OC2CC(C)C3(CO3)C(C(C)=CCCC(C)C)C2OC)cc1. The predicted molar refractivity (Wildman–Crippen MR) is 126 cm³/mol. The Bertz CT molecular complexity index is 819. The van der Waals surface area contributed by atoms with Crippen LogP contribution in [0.3, 0.4) is 0 Å². The molecule has 32 heavy (non-hydrogen) atoms. The van der Waals surface area contributed by atoms with Crippen molar-refractivity contribution in [3.05, 3.63) is 47.6 Å². The van der Waals surface area contributed by atoms with Crippen molar-refractivity contribution in [3.63, 3.8) is 0 Å². The van der Waals surface area contributed by atoms with Crippen molar-refractivity contribution in [1.82, 2.24) is 0 Å². The average Bonchev–Trinajstić information content (AvgIpc) is 3.56. The fourth-order valence-corrected chi connectivity index (χ4v) is 4.92. The lowest BCUT2D eigenvalue weighted by atomic mass is 9.67. The Morgan fingerprint density at radius 2 is 1.94 bits per heavy atom. The Balaban J connectivity index is 1.71. The van der Waals surface area contributed by atoms with Gasteiger partial charge < -0.3 is 18.9 Å². The highest BCUT2D eigenvalue weighted by Gasteiger charge is 2.63. The highest BCUT2D eigenvalue weighted by molar-refractivity contribution is 5.87. The molecule has 0 bridgehead atoms. The van der Waals surface area contributed by atoms with Gasteiger partial charge in [0, 0.05) is 19.1 Å². The molecule has 5 heteroatoms. The minimum atomic E-state index is -0.354. The quantitative estimate of drug-likeness (QED) is 0.220. The number of ether oxygens (including phenoxy) is 4. The summed E-state index contributed by atoms with van der Waals surface area (Å²) in [6.07, 6.45) is 7.96. The summed E-state index contributed by atoms with van der Waals surface area (Å²) in [7, 11) is 3.34. The summed E-state index contributed by atoms with van der Waals surface area (Å²) in [5.41, 5.74) is 1.99. The normalized spacial score (nSPS) is 30.2. The van der Waals surface area contributed by atoms with Crippen molar-refractivity contribution in [3.8, 4) is 5.75 Å². The Hall–Kier alpha value is -2.11. The monoisotopic (exact) mass is 442 g/mol. The first-order chi connectivity index (χ1) is 15.3. The van der Waals surface area contributed by atoms with E-state index in [-0.39, 0.29) is 35.6 Å². The molecule has 2 aliphatic rings. The molecule has 5 unspecified atom stereocenters. The van der Waals surface area contributed by atoms with E-state index >= 15 is 0 Å². The average molecular weight is 443 g/mol. The molecule has 176 valence electrons. The zero-order valence-electron chi connectivity index (χ0n) is 20.3. The number of hydrogen-bond donors (Lipinski definition) is 0. The fourth-order valence-electron chi connectivity index (χ4n) is 4.92. The zero-order chi connectivity index (χ0) is 23.3. The van der Waals surface area contributed by atoms with Gasteiger partial charge in [0.25, 0.3) is 0 Å². The molecule has 1 aromatic rings. The number of carbonyl (C=O) groups excluding carboxylic acids is 1. The van der Waals surface area contributed by atoms with Gasteiger partial charge in [0.2, 0.25) is 0 Å². The van der Waals surface area contributed by atoms with Gasteiger partial charge >= 0.3 is 5.97 Å². The van der Waals surface area contributed by atoms with E-state index in [2.05, 4.69) is 33.8 Å². The molecule has 1 spiro atoms. The first-order valence-electron chi connectivity index (χ1n) is 11.7. The van der Waals surface area contributed by atoms with Gasteiger partial charge in [0.1, 0.15) is 23.6 Å². The van der Waals surface area contributed by atoms with E-state index in [1.165, 1.54) is 11.6 Å². The summed E-state index contributed by atoms with van der Waals surface area (Å²) in [6, 6.07) is 7.53. The van der Waals surface area contributed by atoms with E-state index < -0.39 is 0 Å². The van der Waals surface area contributed by atoms with E-state index in [1.807, 2.05) is 24.3 Å². The summed E-state index contributed by atoms with van der Waals surface area (Å²) >= 11 is 0. The van der Waals surface area contributed by atoms with Crippen LogP contribution in [0.1, 0.15) is 52.5 Å². The lowest BCUT2D eigenvalue weighted by molar-refractivity contribution is -0.164. The molecule has 0 N–H and O–H groups in total. The number of benzene rings is 1. The molecule has 0 amide bonds. The summed E-state index contributed by atoms with van der Waals surface area (Å²) in [5, 5.41) is 0. The van der Waals surface area contributed by atoms with Crippen molar-refractivity contribution < 1.29 is 23.7 Å². The highest BCUT2D eigenvalue weighted by atomic mass is 16.6. The molecule has 5 nitrogen and oxygen atoms in total. The third-order valence-electron chi connectivity index (χ3n) is 6.89. The number of carbonyl (C=O) groups is 1. The highest BCUT2D eigenvalue weighted by Crippen LogP contribution is 2.53. The van der Waals surface area contributed by atoms with Crippen LogP contribution in [0.25, 0.3) is 6.08 Å². The number of hydrogen-bond acceptors (Lipinski definition) is 5. The van der Waals surface area contributed by atoms with E-state index in [9.17, 15) is 4.79 Å². The Kier molecular flexibility index (Phi) is 8.18. The van der Waals surface area contributed by atoms with Gasteiger partial charge in [0.15, 0.2) is 0 Å². The van der Waals surface area contributed by atoms with Gasteiger partial charge in [-0.3, -0.25) is 0 Å². The van der Waals surface area contributed by atoms with Gasteiger partial charge in [-0.15, -0.1) is 0 Å². The third kappa shape index (κ3) is 5.62. The maximum absolute atomic E-state index is 12.6. The molecule has 0 aromatic heterocycles. The summed E-state index contributed by atoms with van der Waals surface area (Å²) in [5.74, 6) is 1.47. The molecule has 1 saturated carbocycles. The van der Waals surface area contributed by atoms with E-state index in [1.54, 1.807) is 20.3 Å². The van der Waals surface area contributed by atoms with Crippen molar-refractivity contribution in [1.29, 1.82) is 0 Å². The summed E-state index contributed by atoms with van der Waals surface area (Å²) in [4.78, 5) is 12.6. The van der Waals surface area contributed by atoms with Crippen molar-refractivity contribution in [2.45, 2.75) is 64.8 Å². The Morgan fingerprint density at radius 1 is 1.25 bits per heavy atom. The van der Waals surface area contributed by atoms with Crippen molar-refractivity contribution >= 4 is 12.0 Å². The smallest absolute Gasteiger partial charge is 0.331 e. The minimum absolute atomic E-state index is 0.0896. The van der Waals surface area contributed by atoms with Crippen LogP contribution in [0.4, 0.5) is 0 Å². The summed E-state index contributed by atoms with van der Waals surface area (Å²) < 4.78 is 23.1. The van der Waals surface area contributed by atoms with Gasteiger partial charge in [-0.25, -0.2) is 4.79 Å². The molecular weight excluding hydrogens is 404 g/mol. The molecule has 5 atom stereocenters. The fraction of sp³-hybridized carbons (Fsp3) is 0.593. The van der Waals surface area contributed by atoms with Gasteiger partial charge in [0.05, 0.1) is 13.7 Å². The lowest BCUT2D eigenvalue weighted by Gasteiger charge is -2.44. The second kappa shape index (κ2) is 10.7. The van der Waals surface area contributed by atoms with Crippen molar-refractivity contribution in [2.24, 2.45) is 17.8 Å². The molecule has 3 rings (SSSR count). The second-order valence-corrected chi connectivity index (χ2v) is 9.56. The molecule has 2 fully saturated rings. The van der Waals surface area contributed by atoms with Crippen LogP contribution in [-0.2, 0) is 19.0 Å². The molecule has 1 aliphatic heterocycles. The van der Waals surface area contributed by atoms with Crippen molar-refractivity contribution in [2.75, 3.05) is 20.8 Å². The largest absolute Gasteiger partial charge is 0.497 e. The maximum Gasteiger partial charge on any atom is 0.331 e. The van der Waals surface area contributed by atoms with Crippen LogP contribution < -0.4 is 4.74 Å². The Morgan fingerprint density at radius 3 is 2.50 bits per heavy atom. The molecule has 1 heterocycles. The van der Waals surface area contributed by atoms with E-state index in [4.69, 9.17) is 18.9 Å². The van der Waals surface area contributed by atoms with Crippen LogP contribution in [0.2, 0.25) is 0 Å². The number of rotatable bonds is 9. The summed E-state index contributed by atoms with van der Waals surface area (Å²) in [6.45, 7) is 9.59. The minimum Gasteiger partial charge on any atom is -0.497 e. The van der Waals surface area contributed by atoms with Crippen LogP contribution in [0.5, 0.6) is 5.75 Å². The van der Waals surface area contributed by atoms with Gasteiger partial charge in [-0.05, 0) is 61.8 Å². The predicted octanol–water partition coefficient (Wildman–Crippen LogP) is 5.44. The third-order valence-corrected chi connectivity index (χ3v) is 6.89. The first kappa shape index (κ1) is 24.5. The Labute approximate surface area is 192 Å². The number of allylic oxidation sites excluding steroid dienone is 1. The lowest BCUT2D eigenvalue weighted by Crippen LogP contribution is -2.54. The zero-order valence-corrected chi connectivity index (χ0v) is 20.3. The molecular formula is C27H38O5. The van der Waals surface area contributed by atoms with E-state index in [0.717, 1.165) is 37.2 Å². The topological polar surface area (TPSA) is 57.3 Å². The maximum atomic E-state index is 12.6. The standard InChI is InChI=1S/C27H38O5/c1-18(2)8-7-9-19(3)25-26(30-6)23(16-20(4)27(25)17-31-27)32-24(28)15-12-21-10-13-22(29-5)14-11-21/h9-15,18,20,23,25-26H,7-8,16-17H2,1-6H3. The van der Waals surface area contributed by atoms with Crippen LogP contribution >= 0.6 is 0 Å². The number of epoxide rings is 1. The second-order valence-electron chi connectivity index (χ2n) is 9.56.